The van der Waals surface area contributed by atoms with Gasteiger partial charge in [0.25, 0.3) is 0 Å². The molecule has 0 aliphatic rings. The number of hydrogen-bond acceptors (Lipinski definition) is 4. The van der Waals surface area contributed by atoms with Crippen molar-refractivity contribution in [2.24, 2.45) is 0 Å². The van der Waals surface area contributed by atoms with E-state index in [9.17, 15) is 4.79 Å². The molecule has 0 atom stereocenters. The normalized spacial score (nSPS) is 10.4. The Morgan fingerprint density at radius 3 is 2.40 bits per heavy atom. The molecule has 4 nitrogen and oxygen atoms in total. The first-order valence-corrected chi connectivity index (χ1v) is 7.18. The van der Waals surface area contributed by atoms with E-state index >= 15 is 0 Å². The quantitative estimate of drug-likeness (QED) is 0.462. The van der Waals surface area contributed by atoms with Crippen molar-refractivity contribution in [1.29, 1.82) is 0 Å². The van der Waals surface area contributed by atoms with E-state index in [2.05, 4.69) is 12.1 Å². The molecule has 0 unspecified atom stereocenters. The van der Waals surface area contributed by atoms with Crippen molar-refractivity contribution in [3.05, 3.63) is 35.9 Å². The lowest BCUT2D eigenvalue weighted by Crippen LogP contribution is -2.08. The predicted octanol–water partition coefficient (Wildman–Crippen LogP) is 2.95. The van der Waals surface area contributed by atoms with Crippen molar-refractivity contribution >= 4 is 5.97 Å². The summed E-state index contributed by atoms with van der Waals surface area (Å²) in [5, 5.41) is 0. The predicted molar refractivity (Wildman–Crippen MR) is 77.4 cm³/mol. The summed E-state index contributed by atoms with van der Waals surface area (Å²) >= 11 is 0. The first kappa shape index (κ1) is 16.7. The molecule has 0 spiro atoms. The highest BCUT2D eigenvalue weighted by Crippen LogP contribution is 2.01. The van der Waals surface area contributed by atoms with Gasteiger partial charge in [0.2, 0.25) is 0 Å². The van der Waals surface area contributed by atoms with Crippen molar-refractivity contribution in [2.75, 3.05) is 26.4 Å². The van der Waals surface area contributed by atoms with Gasteiger partial charge in [0.15, 0.2) is 0 Å². The summed E-state index contributed by atoms with van der Waals surface area (Å²) in [7, 11) is 0. The molecule has 1 aromatic rings. The summed E-state index contributed by atoms with van der Waals surface area (Å²) in [4.78, 5) is 11.0. The summed E-state index contributed by atoms with van der Waals surface area (Å²) in [5.41, 5.74) is 1.19. The van der Waals surface area contributed by atoms with Crippen LogP contribution in [-0.4, -0.2) is 32.4 Å². The summed E-state index contributed by atoms with van der Waals surface area (Å²) < 4.78 is 15.7. The van der Waals surface area contributed by atoms with E-state index in [1.807, 2.05) is 18.2 Å². The third-order valence-corrected chi connectivity index (χ3v) is 2.69. The smallest absolute Gasteiger partial charge is 0.308 e. The van der Waals surface area contributed by atoms with Crippen molar-refractivity contribution in [3.63, 3.8) is 0 Å². The molecule has 1 aromatic carbocycles. The second-order valence-corrected chi connectivity index (χ2v) is 4.41. The SMILES string of the molecule is CCOC(=O)CCOCCCCOCc1ccccc1. The zero-order chi connectivity index (χ0) is 14.5. The van der Waals surface area contributed by atoms with E-state index in [-0.39, 0.29) is 5.97 Å². The average Bonchev–Trinajstić information content (AvgIpc) is 2.47. The molecule has 0 amide bonds. The van der Waals surface area contributed by atoms with Gasteiger partial charge in [0.1, 0.15) is 0 Å². The first-order chi connectivity index (χ1) is 9.83. The van der Waals surface area contributed by atoms with Crippen molar-refractivity contribution in [3.8, 4) is 0 Å². The summed E-state index contributed by atoms with van der Waals surface area (Å²) in [5.74, 6) is -0.196. The molecular formula is C16H24O4. The van der Waals surface area contributed by atoms with Crippen LogP contribution in [0, 0.1) is 0 Å². The number of hydrogen-bond donors (Lipinski definition) is 0. The van der Waals surface area contributed by atoms with Gasteiger partial charge in [-0.3, -0.25) is 4.79 Å². The lowest BCUT2D eigenvalue weighted by atomic mass is 10.2. The molecular weight excluding hydrogens is 256 g/mol. The molecule has 20 heavy (non-hydrogen) atoms. The molecule has 1 rings (SSSR count). The molecule has 112 valence electrons. The van der Waals surface area contributed by atoms with Crippen LogP contribution >= 0.6 is 0 Å². The van der Waals surface area contributed by atoms with Crippen LogP contribution in [0.15, 0.2) is 30.3 Å². The maximum Gasteiger partial charge on any atom is 0.308 e. The summed E-state index contributed by atoms with van der Waals surface area (Å²) in [6.45, 7) is 4.71. The van der Waals surface area contributed by atoms with Crippen LogP contribution in [-0.2, 0) is 25.6 Å². The number of carbonyl (C=O) groups excluding carboxylic acids is 1. The van der Waals surface area contributed by atoms with Crippen molar-refractivity contribution < 1.29 is 19.0 Å². The minimum atomic E-state index is -0.196. The molecule has 0 saturated heterocycles. The summed E-state index contributed by atoms with van der Waals surface area (Å²) in [6.07, 6.45) is 2.24. The number of rotatable bonds is 11. The number of unbranched alkanes of at least 4 members (excludes halogenated alkanes) is 1. The number of esters is 1. The largest absolute Gasteiger partial charge is 0.466 e. The topological polar surface area (TPSA) is 44.8 Å². The van der Waals surface area contributed by atoms with Crippen molar-refractivity contribution in [1.82, 2.24) is 0 Å². The fraction of sp³-hybridized carbons (Fsp3) is 0.562. The molecule has 0 aliphatic heterocycles. The standard InChI is InChI=1S/C16H24O4/c1-2-20-16(17)10-13-18-11-6-7-12-19-14-15-8-4-3-5-9-15/h3-5,8-9H,2,6-7,10-14H2,1H3. The van der Waals surface area contributed by atoms with Crippen LogP contribution in [0.25, 0.3) is 0 Å². The second-order valence-electron chi connectivity index (χ2n) is 4.41. The number of carbonyl (C=O) groups is 1. The molecule has 0 heterocycles. The second kappa shape index (κ2) is 11.4. The van der Waals surface area contributed by atoms with Crippen LogP contribution in [0.5, 0.6) is 0 Å². The zero-order valence-electron chi connectivity index (χ0n) is 12.2. The fourth-order valence-corrected chi connectivity index (χ4v) is 1.66. The molecule has 0 radical (unpaired) electrons. The Morgan fingerprint density at radius 2 is 1.70 bits per heavy atom. The Morgan fingerprint density at radius 1 is 1.00 bits per heavy atom. The maximum absolute atomic E-state index is 11.0. The van der Waals surface area contributed by atoms with E-state index in [4.69, 9.17) is 14.2 Å². The Balaban J connectivity index is 1.84. The van der Waals surface area contributed by atoms with Crippen molar-refractivity contribution in [2.45, 2.75) is 32.8 Å². The Labute approximate surface area is 121 Å². The third kappa shape index (κ3) is 8.67. The van der Waals surface area contributed by atoms with E-state index in [0.717, 1.165) is 19.4 Å². The van der Waals surface area contributed by atoms with Gasteiger partial charge in [-0.15, -0.1) is 0 Å². The highest BCUT2D eigenvalue weighted by atomic mass is 16.5. The minimum absolute atomic E-state index is 0.196. The van der Waals surface area contributed by atoms with Crippen LogP contribution in [0.2, 0.25) is 0 Å². The molecule has 0 N–H and O–H groups in total. The monoisotopic (exact) mass is 280 g/mol. The van der Waals surface area contributed by atoms with E-state index in [1.54, 1.807) is 6.92 Å². The first-order valence-electron chi connectivity index (χ1n) is 7.18. The van der Waals surface area contributed by atoms with Crippen LogP contribution < -0.4 is 0 Å². The van der Waals surface area contributed by atoms with Gasteiger partial charge in [-0.1, -0.05) is 30.3 Å². The van der Waals surface area contributed by atoms with E-state index in [0.29, 0.717) is 32.8 Å². The molecule has 0 fully saturated rings. The third-order valence-electron chi connectivity index (χ3n) is 2.69. The molecule has 0 aliphatic carbocycles. The average molecular weight is 280 g/mol. The van der Waals surface area contributed by atoms with Crippen LogP contribution in [0.4, 0.5) is 0 Å². The molecule has 0 aromatic heterocycles. The van der Waals surface area contributed by atoms with Gasteiger partial charge in [-0.25, -0.2) is 0 Å². The zero-order valence-corrected chi connectivity index (χ0v) is 12.2. The van der Waals surface area contributed by atoms with Gasteiger partial charge in [0.05, 0.1) is 26.2 Å². The van der Waals surface area contributed by atoms with Gasteiger partial charge < -0.3 is 14.2 Å². The Bertz CT molecular complexity index is 351. The highest BCUT2D eigenvalue weighted by Gasteiger charge is 2.00. The lowest BCUT2D eigenvalue weighted by molar-refractivity contribution is -0.144. The van der Waals surface area contributed by atoms with Gasteiger partial charge in [0, 0.05) is 13.2 Å². The van der Waals surface area contributed by atoms with E-state index < -0.39 is 0 Å². The molecule has 4 heteroatoms. The Kier molecular flexibility index (Phi) is 9.53. The number of ether oxygens (including phenoxy) is 3. The van der Waals surface area contributed by atoms with Crippen LogP contribution in [0.3, 0.4) is 0 Å². The highest BCUT2D eigenvalue weighted by molar-refractivity contribution is 5.69. The fourth-order valence-electron chi connectivity index (χ4n) is 1.66. The van der Waals surface area contributed by atoms with Crippen LogP contribution in [0.1, 0.15) is 31.7 Å². The van der Waals surface area contributed by atoms with Gasteiger partial charge >= 0.3 is 5.97 Å². The lowest BCUT2D eigenvalue weighted by Gasteiger charge is -2.05. The van der Waals surface area contributed by atoms with Gasteiger partial charge in [-0.05, 0) is 25.3 Å². The molecule has 0 saturated carbocycles. The molecule has 0 bridgehead atoms. The van der Waals surface area contributed by atoms with E-state index in [1.165, 1.54) is 5.56 Å². The summed E-state index contributed by atoms with van der Waals surface area (Å²) in [6, 6.07) is 10.1. The maximum atomic E-state index is 11.0. The van der Waals surface area contributed by atoms with Gasteiger partial charge in [-0.2, -0.15) is 0 Å². The Hall–Kier alpha value is -1.39. The number of benzene rings is 1. The minimum Gasteiger partial charge on any atom is -0.466 e.